The predicted molar refractivity (Wildman–Crippen MR) is 77.9 cm³/mol. The van der Waals surface area contributed by atoms with E-state index < -0.39 is 15.2 Å². The van der Waals surface area contributed by atoms with Crippen LogP contribution in [0.1, 0.15) is 25.7 Å². The normalized spacial score (nSPS) is 29.8. The molecular formula is C12H22N2O3S2. The Morgan fingerprint density at radius 3 is 2.84 bits per heavy atom. The van der Waals surface area contributed by atoms with Crippen LogP contribution < -0.4 is 5.32 Å². The second-order valence-corrected chi connectivity index (χ2v) is 8.60. The molecule has 2 unspecified atom stereocenters. The molecule has 2 atom stereocenters. The zero-order valence-electron chi connectivity index (χ0n) is 11.3. The molecule has 0 aromatic heterocycles. The summed E-state index contributed by atoms with van der Waals surface area (Å²) < 4.78 is 23.6. The number of hydrogen-bond acceptors (Lipinski definition) is 5. The molecule has 0 bridgehead atoms. The van der Waals surface area contributed by atoms with Gasteiger partial charge in [0.05, 0.1) is 6.04 Å². The molecule has 0 saturated carbocycles. The van der Waals surface area contributed by atoms with Gasteiger partial charge >= 0.3 is 0 Å². The summed E-state index contributed by atoms with van der Waals surface area (Å²) in [6.45, 7) is 1.39. The van der Waals surface area contributed by atoms with Crippen molar-refractivity contribution < 1.29 is 13.2 Å². The van der Waals surface area contributed by atoms with Gasteiger partial charge in [-0.1, -0.05) is 12.8 Å². The Bertz CT molecular complexity index is 417. The molecule has 0 aromatic rings. The van der Waals surface area contributed by atoms with Crippen LogP contribution in [-0.4, -0.2) is 61.5 Å². The Morgan fingerprint density at radius 1 is 1.32 bits per heavy atom. The van der Waals surface area contributed by atoms with E-state index in [9.17, 15) is 13.2 Å². The number of nitrogens with one attached hydrogen (secondary N) is 1. The first kappa shape index (κ1) is 15.1. The van der Waals surface area contributed by atoms with E-state index in [0.717, 1.165) is 38.0 Å². The van der Waals surface area contributed by atoms with Crippen molar-refractivity contribution >= 4 is 27.5 Å². The number of thioether (sulfide) groups is 1. The highest BCUT2D eigenvalue weighted by atomic mass is 32.2. The molecule has 2 aliphatic rings. The van der Waals surface area contributed by atoms with Crippen LogP contribution in [0, 0.1) is 0 Å². The smallest absolute Gasteiger partial charge is 0.240 e. The van der Waals surface area contributed by atoms with Gasteiger partial charge in [0, 0.05) is 24.3 Å². The Morgan fingerprint density at radius 2 is 2.11 bits per heavy atom. The summed E-state index contributed by atoms with van der Waals surface area (Å²) in [4.78, 5) is 14.1. The predicted octanol–water partition coefficient (Wildman–Crippen LogP) is 0.465. The van der Waals surface area contributed by atoms with E-state index in [1.54, 1.807) is 16.7 Å². The van der Waals surface area contributed by atoms with Crippen molar-refractivity contribution in [3.05, 3.63) is 0 Å². The topological polar surface area (TPSA) is 66.5 Å². The lowest BCUT2D eigenvalue weighted by molar-refractivity contribution is -0.134. The minimum atomic E-state index is -3.21. The summed E-state index contributed by atoms with van der Waals surface area (Å²) in [5.41, 5.74) is 0. The van der Waals surface area contributed by atoms with E-state index in [0.29, 0.717) is 12.3 Å². The molecule has 1 amide bonds. The van der Waals surface area contributed by atoms with Crippen LogP contribution in [0.5, 0.6) is 0 Å². The minimum absolute atomic E-state index is 0.0300. The van der Waals surface area contributed by atoms with E-state index >= 15 is 0 Å². The van der Waals surface area contributed by atoms with Crippen molar-refractivity contribution in [3.63, 3.8) is 0 Å². The molecule has 0 spiro atoms. The Labute approximate surface area is 119 Å². The van der Waals surface area contributed by atoms with Crippen molar-refractivity contribution in [2.24, 2.45) is 0 Å². The molecule has 0 aromatic carbocycles. The SMILES string of the molecule is CS(=O)(=O)C1CSCCN1C(=O)C1CCCCCN1. The van der Waals surface area contributed by atoms with Gasteiger partial charge in [-0.3, -0.25) is 4.79 Å². The molecule has 2 saturated heterocycles. The third kappa shape index (κ3) is 3.86. The number of carbonyl (C=O) groups is 1. The second-order valence-electron chi connectivity index (χ2n) is 5.25. The summed E-state index contributed by atoms with van der Waals surface area (Å²) in [6.07, 6.45) is 5.32. The number of rotatable bonds is 2. The molecule has 2 rings (SSSR count). The highest BCUT2D eigenvalue weighted by molar-refractivity contribution is 8.00. The highest BCUT2D eigenvalue weighted by Crippen LogP contribution is 2.22. The van der Waals surface area contributed by atoms with Crippen LogP contribution in [0.25, 0.3) is 0 Å². The highest BCUT2D eigenvalue weighted by Gasteiger charge is 2.36. The largest absolute Gasteiger partial charge is 0.323 e. The fraction of sp³-hybridized carbons (Fsp3) is 0.917. The molecule has 2 fully saturated rings. The van der Waals surface area contributed by atoms with Crippen LogP contribution in [0.2, 0.25) is 0 Å². The van der Waals surface area contributed by atoms with Crippen molar-refractivity contribution in [2.45, 2.75) is 37.1 Å². The summed E-state index contributed by atoms with van der Waals surface area (Å²) in [5.74, 6) is 1.29. The van der Waals surface area contributed by atoms with Gasteiger partial charge in [0.15, 0.2) is 9.84 Å². The van der Waals surface area contributed by atoms with Crippen LogP contribution in [0.4, 0.5) is 0 Å². The lowest BCUT2D eigenvalue weighted by atomic mass is 10.1. The van der Waals surface area contributed by atoms with Crippen LogP contribution in [0.15, 0.2) is 0 Å². The van der Waals surface area contributed by atoms with Gasteiger partial charge in [-0.2, -0.15) is 11.8 Å². The first-order valence-corrected chi connectivity index (χ1v) is 9.91. The second kappa shape index (κ2) is 6.45. The van der Waals surface area contributed by atoms with Gasteiger partial charge in [-0.25, -0.2) is 8.42 Å². The van der Waals surface area contributed by atoms with Crippen molar-refractivity contribution in [2.75, 3.05) is 30.9 Å². The third-order valence-electron chi connectivity index (χ3n) is 3.72. The maximum Gasteiger partial charge on any atom is 0.240 e. The Balaban J connectivity index is 2.10. The molecule has 0 aliphatic carbocycles. The summed E-state index contributed by atoms with van der Waals surface area (Å²) >= 11 is 1.61. The number of amides is 1. The fourth-order valence-electron chi connectivity index (χ4n) is 2.63. The van der Waals surface area contributed by atoms with E-state index in [4.69, 9.17) is 0 Å². The van der Waals surface area contributed by atoms with Crippen molar-refractivity contribution in [3.8, 4) is 0 Å². The van der Waals surface area contributed by atoms with Crippen molar-refractivity contribution in [1.29, 1.82) is 0 Å². The first-order chi connectivity index (χ1) is 9.00. The average molecular weight is 306 g/mol. The third-order valence-corrected chi connectivity index (χ3v) is 6.36. The summed E-state index contributed by atoms with van der Waals surface area (Å²) in [7, 11) is -3.21. The molecule has 1 N–H and O–H groups in total. The lowest BCUT2D eigenvalue weighted by Gasteiger charge is -2.36. The number of sulfone groups is 1. The molecular weight excluding hydrogens is 284 g/mol. The zero-order valence-corrected chi connectivity index (χ0v) is 12.9. The lowest BCUT2D eigenvalue weighted by Crippen LogP contribution is -2.55. The number of hydrogen-bond donors (Lipinski definition) is 1. The molecule has 19 heavy (non-hydrogen) atoms. The maximum absolute atomic E-state index is 12.6. The van der Waals surface area contributed by atoms with Gasteiger partial charge in [0.25, 0.3) is 0 Å². The number of nitrogens with zero attached hydrogens (tertiary/aromatic N) is 1. The summed E-state index contributed by atoms with van der Waals surface area (Å²) in [5, 5.41) is 2.61. The van der Waals surface area contributed by atoms with Crippen molar-refractivity contribution in [1.82, 2.24) is 10.2 Å². The van der Waals surface area contributed by atoms with E-state index in [2.05, 4.69) is 5.32 Å². The molecule has 110 valence electrons. The molecule has 2 aliphatic heterocycles. The van der Waals surface area contributed by atoms with Gasteiger partial charge in [0.1, 0.15) is 5.37 Å². The Kier molecular flexibility index (Phi) is 5.14. The maximum atomic E-state index is 12.6. The molecule has 0 radical (unpaired) electrons. The first-order valence-electron chi connectivity index (χ1n) is 6.80. The van der Waals surface area contributed by atoms with E-state index in [1.165, 1.54) is 6.26 Å². The van der Waals surface area contributed by atoms with Gasteiger partial charge in [-0.05, 0) is 19.4 Å². The molecule has 7 heteroatoms. The molecule has 2 heterocycles. The standard InChI is InChI=1S/C12H22N2O3S2/c1-19(16,17)11-9-18-8-7-14(11)12(15)10-5-3-2-4-6-13-10/h10-11,13H,2-9H2,1H3. The van der Waals surface area contributed by atoms with Crippen LogP contribution in [0.3, 0.4) is 0 Å². The van der Waals surface area contributed by atoms with E-state index in [1.807, 2.05) is 0 Å². The quantitative estimate of drug-likeness (QED) is 0.803. The monoisotopic (exact) mass is 306 g/mol. The van der Waals surface area contributed by atoms with Crippen LogP contribution in [-0.2, 0) is 14.6 Å². The van der Waals surface area contributed by atoms with Crippen LogP contribution >= 0.6 is 11.8 Å². The Hall–Kier alpha value is -0.270. The minimum Gasteiger partial charge on any atom is -0.323 e. The molecule has 5 nitrogen and oxygen atoms in total. The van der Waals surface area contributed by atoms with E-state index in [-0.39, 0.29) is 11.9 Å². The number of carbonyl (C=O) groups excluding carboxylic acids is 1. The summed E-state index contributed by atoms with van der Waals surface area (Å²) in [6, 6.07) is -0.199. The van der Waals surface area contributed by atoms with Gasteiger partial charge in [-0.15, -0.1) is 0 Å². The average Bonchev–Trinajstić information content (AvgIpc) is 2.66. The van der Waals surface area contributed by atoms with Gasteiger partial charge in [0.2, 0.25) is 5.91 Å². The zero-order chi connectivity index (χ0) is 13.9. The fourth-order valence-corrected chi connectivity index (χ4v) is 5.45. The van der Waals surface area contributed by atoms with Gasteiger partial charge < -0.3 is 10.2 Å².